The van der Waals surface area contributed by atoms with Crippen LogP contribution < -0.4 is 10.1 Å². The molecule has 1 N–H and O–H groups in total. The molecule has 26 heavy (non-hydrogen) atoms. The minimum atomic E-state index is -0.454. The first-order valence-corrected chi connectivity index (χ1v) is 8.79. The molecule has 0 aliphatic heterocycles. The van der Waals surface area contributed by atoms with Crippen LogP contribution in [0.3, 0.4) is 0 Å². The fourth-order valence-corrected chi connectivity index (χ4v) is 3.00. The molecule has 3 aromatic carbocycles. The van der Waals surface area contributed by atoms with Crippen LogP contribution in [0.25, 0.3) is 10.8 Å². The van der Waals surface area contributed by atoms with Crippen molar-refractivity contribution >= 4 is 45.4 Å². The number of hydrogen-bond donors (Lipinski definition) is 1. The Balaban J connectivity index is 1.70. The van der Waals surface area contributed by atoms with Crippen LogP contribution in [0.2, 0.25) is 5.02 Å². The van der Waals surface area contributed by atoms with Crippen LogP contribution in [-0.4, -0.2) is 24.2 Å². The number of thiocarbonyl (C=S) groups is 1. The zero-order chi connectivity index (χ0) is 18.7. The van der Waals surface area contributed by atoms with E-state index < -0.39 is 5.82 Å². The molecule has 0 atom stereocenters. The van der Waals surface area contributed by atoms with Gasteiger partial charge >= 0.3 is 0 Å². The van der Waals surface area contributed by atoms with E-state index in [1.54, 1.807) is 13.2 Å². The maximum Gasteiger partial charge on any atom is 0.173 e. The maximum atomic E-state index is 13.2. The van der Waals surface area contributed by atoms with E-state index in [-0.39, 0.29) is 5.02 Å². The fourth-order valence-electron chi connectivity index (χ4n) is 2.64. The average Bonchev–Trinajstić information content (AvgIpc) is 2.64. The van der Waals surface area contributed by atoms with Gasteiger partial charge in [-0.3, -0.25) is 0 Å². The van der Waals surface area contributed by atoms with Gasteiger partial charge in [-0.2, -0.15) is 0 Å². The minimum absolute atomic E-state index is 0.0606. The Kier molecular flexibility index (Phi) is 5.59. The monoisotopic (exact) mass is 388 g/mol. The molecule has 0 spiro atoms. The van der Waals surface area contributed by atoms with Gasteiger partial charge in [0.1, 0.15) is 11.6 Å². The molecule has 0 fully saturated rings. The molecule has 0 heterocycles. The third-order valence-corrected chi connectivity index (χ3v) is 4.75. The number of anilines is 1. The van der Waals surface area contributed by atoms with Crippen molar-refractivity contribution in [3.63, 3.8) is 0 Å². The molecule has 0 saturated carbocycles. The number of nitrogens with one attached hydrogen (secondary N) is 1. The van der Waals surface area contributed by atoms with Crippen LogP contribution in [0.15, 0.2) is 54.6 Å². The summed E-state index contributed by atoms with van der Waals surface area (Å²) in [6.07, 6.45) is 0. The number of benzene rings is 3. The van der Waals surface area contributed by atoms with Crippen molar-refractivity contribution in [1.82, 2.24) is 4.90 Å². The van der Waals surface area contributed by atoms with E-state index in [2.05, 4.69) is 23.5 Å². The largest absolute Gasteiger partial charge is 0.497 e. The molecule has 3 aromatic rings. The molecule has 0 unspecified atom stereocenters. The Morgan fingerprint density at radius 2 is 1.85 bits per heavy atom. The van der Waals surface area contributed by atoms with E-state index in [0.29, 0.717) is 17.3 Å². The summed E-state index contributed by atoms with van der Waals surface area (Å²) in [6, 6.07) is 16.7. The standard InChI is InChI=1S/C20H18ClFN2OS/c1-24(20(26)23-16-6-8-19(22)18(21)11-16)12-13-3-4-15-10-17(25-2)7-5-14(15)9-13/h3-11H,12H2,1-2H3,(H,23,26). The first kappa shape index (κ1) is 18.4. The zero-order valence-electron chi connectivity index (χ0n) is 14.4. The van der Waals surface area contributed by atoms with Gasteiger partial charge in [-0.05, 0) is 65.0 Å². The first-order chi connectivity index (χ1) is 12.5. The normalized spacial score (nSPS) is 10.6. The van der Waals surface area contributed by atoms with Crippen LogP contribution in [0.4, 0.5) is 10.1 Å². The van der Waals surface area contributed by atoms with E-state index in [4.69, 9.17) is 28.6 Å². The summed E-state index contributed by atoms with van der Waals surface area (Å²) in [6.45, 7) is 0.642. The summed E-state index contributed by atoms with van der Waals surface area (Å²) in [7, 11) is 3.56. The summed E-state index contributed by atoms with van der Waals surface area (Å²) in [5.74, 6) is 0.384. The molecule has 0 amide bonds. The number of fused-ring (bicyclic) bond motifs is 1. The van der Waals surface area contributed by atoms with Crippen molar-refractivity contribution in [2.45, 2.75) is 6.54 Å². The minimum Gasteiger partial charge on any atom is -0.497 e. The van der Waals surface area contributed by atoms with Gasteiger partial charge in [-0.25, -0.2) is 4.39 Å². The molecule has 0 aliphatic rings. The van der Waals surface area contributed by atoms with Gasteiger partial charge < -0.3 is 15.0 Å². The number of halogens is 2. The third-order valence-electron chi connectivity index (χ3n) is 4.05. The highest BCUT2D eigenvalue weighted by Gasteiger charge is 2.08. The van der Waals surface area contributed by atoms with Crippen molar-refractivity contribution in [1.29, 1.82) is 0 Å². The Morgan fingerprint density at radius 3 is 2.58 bits per heavy atom. The summed E-state index contributed by atoms with van der Waals surface area (Å²) in [5.41, 5.74) is 1.78. The number of methoxy groups -OCH3 is 1. The van der Waals surface area contributed by atoms with Crippen molar-refractivity contribution in [2.75, 3.05) is 19.5 Å². The lowest BCUT2D eigenvalue weighted by molar-refractivity contribution is 0.415. The van der Waals surface area contributed by atoms with Gasteiger partial charge in [0.2, 0.25) is 0 Å². The topological polar surface area (TPSA) is 24.5 Å². The van der Waals surface area contributed by atoms with Gasteiger partial charge in [-0.1, -0.05) is 29.8 Å². The van der Waals surface area contributed by atoms with Gasteiger partial charge in [0.15, 0.2) is 5.11 Å². The number of ether oxygens (including phenoxy) is 1. The summed E-state index contributed by atoms with van der Waals surface area (Å²) in [4.78, 5) is 1.91. The van der Waals surface area contributed by atoms with Crippen molar-refractivity contribution in [3.8, 4) is 5.75 Å². The Labute approximate surface area is 162 Å². The van der Waals surface area contributed by atoms with E-state index in [1.165, 1.54) is 12.1 Å². The summed E-state index contributed by atoms with van der Waals surface area (Å²) >= 11 is 11.2. The van der Waals surface area contributed by atoms with Crippen LogP contribution in [0.5, 0.6) is 5.75 Å². The molecule has 0 bridgehead atoms. The first-order valence-electron chi connectivity index (χ1n) is 8.00. The average molecular weight is 389 g/mol. The highest BCUT2D eigenvalue weighted by atomic mass is 35.5. The van der Waals surface area contributed by atoms with Crippen LogP contribution in [0.1, 0.15) is 5.56 Å². The van der Waals surface area contributed by atoms with E-state index in [0.717, 1.165) is 22.1 Å². The summed E-state index contributed by atoms with van der Waals surface area (Å²) in [5, 5.41) is 5.92. The smallest absolute Gasteiger partial charge is 0.173 e. The third kappa shape index (κ3) is 4.23. The summed E-state index contributed by atoms with van der Waals surface area (Å²) < 4.78 is 18.5. The second-order valence-electron chi connectivity index (χ2n) is 5.96. The molecule has 134 valence electrons. The van der Waals surface area contributed by atoms with Crippen molar-refractivity contribution in [3.05, 3.63) is 71.0 Å². The van der Waals surface area contributed by atoms with Gasteiger partial charge in [0, 0.05) is 19.3 Å². The van der Waals surface area contributed by atoms with E-state index in [1.807, 2.05) is 30.1 Å². The molecular weight excluding hydrogens is 371 g/mol. The van der Waals surface area contributed by atoms with Gasteiger partial charge in [0.25, 0.3) is 0 Å². The van der Waals surface area contributed by atoms with Crippen LogP contribution in [-0.2, 0) is 6.54 Å². The molecule has 6 heteroatoms. The SMILES string of the molecule is COc1ccc2cc(CN(C)C(=S)Nc3ccc(F)c(Cl)c3)ccc2c1. The Hall–Kier alpha value is -2.37. The lowest BCUT2D eigenvalue weighted by atomic mass is 10.1. The Morgan fingerprint density at radius 1 is 1.12 bits per heavy atom. The van der Waals surface area contributed by atoms with Gasteiger partial charge in [0.05, 0.1) is 12.1 Å². The maximum absolute atomic E-state index is 13.2. The zero-order valence-corrected chi connectivity index (χ0v) is 16.0. The molecule has 0 saturated heterocycles. The van der Waals surface area contributed by atoms with Crippen LogP contribution >= 0.6 is 23.8 Å². The number of hydrogen-bond acceptors (Lipinski definition) is 2. The lowest BCUT2D eigenvalue weighted by Crippen LogP contribution is -2.30. The number of nitrogens with zero attached hydrogens (tertiary/aromatic N) is 1. The molecule has 0 aromatic heterocycles. The molecule has 3 rings (SSSR count). The molecular formula is C20H18ClFN2OS. The lowest BCUT2D eigenvalue weighted by Gasteiger charge is -2.21. The highest BCUT2D eigenvalue weighted by Crippen LogP contribution is 2.23. The van der Waals surface area contributed by atoms with Crippen molar-refractivity contribution < 1.29 is 9.13 Å². The predicted molar refractivity (Wildman–Crippen MR) is 110 cm³/mol. The predicted octanol–water partition coefficient (Wildman–Crippen LogP) is 5.47. The van der Waals surface area contributed by atoms with E-state index in [9.17, 15) is 4.39 Å². The second kappa shape index (κ2) is 7.89. The van der Waals surface area contributed by atoms with Gasteiger partial charge in [-0.15, -0.1) is 0 Å². The highest BCUT2D eigenvalue weighted by molar-refractivity contribution is 7.80. The van der Waals surface area contributed by atoms with Crippen LogP contribution in [0, 0.1) is 5.82 Å². The number of rotatable bonds is 4. The molecule has 0 radical (unpaired) electrons. The van der Waals surface area contributed by atoms with E-state index >= 15 is 0 Å². The fraction of sp³-hybridized carbons (Fsp3) is 0.150. The Bertz CT molecular complexity index is 964. The molecule has 0 aliphatic carbocycles. The molecule has 3 nitrogen and oxygen atoms in total. The quantitative estimate of drug-likeness (QED) is 0.599. The second-order valence-corrected chi connectivity index (χ2v) is 6.76. The van der Waals surface area contributed by atoms with Crippen molar-refractivity contribution in [2.24, 2.45) is 0 Å².